The van der Waals surface area contributed by atoms with Gasteiger partial charge in [0, 0.05) is 0 Å². The van der Waals surface area contributed by atoms with Crippen LogP contribution in [0.2, 0.25) is 39.3 Å². The number of pyridine rings is 2. The number of aromatic nitrogens is 2. The standard InChI is InChI=1S/2C13H16NSi.Sn.Te/c2*1-15(2,3)10-12-7-4-6-11-8-5-9-14-13(11)12;;/h2*4-10H,1-3H3;;. The molecule has 4 rings (SSSR count). The number of hydrogen-bond acceptors (Lipinski definition) is 2. The Bertz CT molecular complexity index is 1180. The van der Waals surface area contributed by atoms with E-state index in [1.54, 1.807) is 0 Å². The number of nitrogens with zero attached hydrogens (tertiary/aromatic N) is 2. The Kier molecular flexibility index (Phi) is 7.25. The minimum atomic E-state index is -2.05. The molecule has 2 atom stereocenters. The molecule has 2 unspecified atom stereocenters. The van der Waals surface area contributed by atoms with Gasteiger partial charge >= 0.3 is 211 Å². The Labute approximate surface area is 209 Å². The van der Waals surface area contributed by atoms with Crippen molar-refractivity contribution >= 4 is 70.9 Å². The van der Waals surface area contributed by atoms with Crippen molar-refractivity contribution in [3.63, 3.8) is 0 Å². The minimum absolute atomic E-state index is 0.712. The fourth-order valence-electron chi connectivity index (χ4n) is 4.98. The molecule has 2 heterocycles. The summed E-state index contributed by atoms with van der Waals surface area (Å²) in [5.41, 5.74) is 5.51. The van der Waals surface area contributed by atoms with E-state index in [0.717, 1.165) is 0 Å². The van der Waals surface area contributed by atoms with Crippen LogP contribution >= 0.6 is 0 Å². The van der Waals surface area contributed by atoms with E-state index in [2.05, 4.69) is 118 Å². The molecule has 0 aliphatic heterocycles. The summed E-state index contributed by atoms with van der Waals surface area (Å²) in [7, 11) is -3.00. The van der Waals surface area contributed by atoms with Crippen LogP contribution in [0.5, 0.6) is 0 Å². The van der Waals surface area contributed by atoms with Crippen LogP contribution in [0.25, 0.3) is 21.8 Å². The van der Waals surface area contributed by atoms with Crippen molar-refractivity contribution in [2.45, 2.75) is 46.4 Å². The molecule has 32 heavy (non-hydrogen) atoms. The number of hydrogen-bond donors (Lipinski definition) is 0. The Hall–Kier alpha value is -0.718. The fraction of sp³-hybridized carbons (Fsp3) is 0.308. The van der Waals surface area contributed by atoms with Crippen LogP contribution in [-0.4, -0.2) is 59.1 Å². The van der Waals surface area contributed by atoms with E-state index >= 15 is 0 Å². The number of rotatable bonds is 6. The summed E-state index contributed by atoms with van der Waals surface area (Å²) in [5, 5.41) is 2.56. The van der Waals surface area contributed by atoms with Gasteiger partial charge in [-0.05, 0) is 0 Å². The molecule has 0 saturated heterocycles. The maximum atomic E-state index is 4.90. The van der Waals surface area contributed by atoms with Gasteiger partial charge in [0.1, 0.15) is 0 Å². The third-order valence-electron chi connectivity index (χ3n) is 6.25. The van der Waals surface area contributed by atoms with Crippen molar-refractivity contribution in [2.24, 2.45) is 0 Å². The van der Waals surface area contributed by atoms with Gasteiger partial charge in [0.25, 0.3) is 0 Å². The van der Waals surface area contributed by atoms with E-state index in [9.17, 15) is 0 Å². The molecule has 164 valence electrons. The molecule has 0 saturated carbocycles. The normalized spacial score (nSPS) is 14.4. The SMILES string of the molecule is C[Si](C)(C)[CH](c1cccc2cccnc12)[Sn](=[Te])[CH](c1cccc2cccnc12)[Si](C)(C)C. The van der Waals surface area contributed by atoms with Crippen molar-refractivity contribution in [2.75, 3.05) is 0 Å². The van der Waals surface area contributed by atoms with Crippen LogP contribution in [0.1, 0.15) is 18.2 Å². The summed E-state index contributed by atoms with van der Waals surface area (Å²) >= 11 is 0.556. The van der Waals surface area contributed by atoms with Gasteiger partial charge in [-0.15, -0.1) is 0 Å². The molecule has 2 aromatic carbocycles. The Morgan fingerprint density at radius 1 is 0.625 bits per heavy atom. The van der Waals surface area contributed by atoms with Crippen LogP contribution in [0.15, 0.2) is 73.1 Å². The Morgan fingerprint density at radius 2 is 1.00 bits per heavy atom. The molecule has 4 aromatic rings. The zero-order chi connectivity index (χ0) is 23.1. The van der Waals surface area contributed by atoms with Crippen molar-refractivity contribution in [1.29, 1.82) is 0 Å². The van der Waals surface area contributed by atoms with Gasteiger partial charge in [0.05, 0.1) is 0 Å². The van der Waals surface area contributed by atoms with Crippen LogP contribution in [0, 0.1) is 0 Å². The molecule has 0 aliphatic carbocycles. The molecule has 0 aliphatic rings. The zero-order valence-corrected chi connectivity index (χ0v) is 27.1. The van der Waals surface area contributed by atoms with E-state index in [1.165, 1.54) is 32.9 Å². The van der Waals surface area contributed by atoms with Gasteiger partial charge in [0.2, 0.25) is 0 Å². The topological polar surface area (TPSA) is 25.8 Å². The predicted molar refractivity (Wildman–Crippen MR) is 147 cm³/mol. The van der Waals surface area contributed by atoms with Gasteiger partial charge in [0.15, 0.2) is 0 Å². The second kappa shape index (κ2) is 9.50. The molecule has 0 amide bonds. The van der Waals surface area contributed by atoms with E-state index in [-0.39, 0.29) is 0 Å². The summed E-state index contributed by atoms with van der Waals surface area (Å²) in [6, 6.07) is 22.3. The Balaban J connectivity index is 1.95. The van der Waals surface area contributed by atoms with E-state index in [1.807, 2.05) is 12.4 Å². The summed E-state index contributed by atoms with van der Waals surface area (Å²) < 4.78 is 1.42. The van der Waals surface area contributed by atoms with E-state index in [0.29, 0.717) is 7.11 Å². The maximum absolute atomic E-state index is 4.90. The molecule has 0 spiro atoms. The number of para-hydroxylation sites is 2. The van der Waals surface area contributed by atoms with Crippen molar-refractivity contribution < 1.29 is 0 Å². The van der Waals surface area contributed by atoms with Crippen molar-refractivity contribution in [3.05, 3.63) is 84.2 Å². The van der Waals surface area contributed by atoms with Crippen LogP contribution in [0.3, 0.4) is 0 Å². The molecule has 0 bridgehead atoms. The van der Waals surface area contributed by atoms with Gasteiger partial charge in [-0.2, -0.15) is 0 Å². The molecule has 2 aromatic heterocycles. The average molecular weight is 675 g/mol. The first-order valence-electron chi connectivity index (χ1n) is 11.3. The first-order valence-corrected chi connectivity index (χ1v) is 30.7. The average Bonchev–Trinajstić information content (AvgIpc) is 2.72. The molecule has 0 N–H and O–H groups in total. The molecule has 0 fully saturated rings. The third kappa shape index (κ3) is 4.88. The van der Waals surface area contributed by atoms with Gasteiger partial charge in [-0.3, -0.25) is 0 Å². The van der Waals surface area contributed by atoms with Crippen molar-refractivity contribution in [3.8, 4) is 0 Å². The van der Waals surface area contributed by atoms with Crippen LogP contribution in [-0.2, 0) is 0 Å². The Morgan fingerprint density at radius 3 is 1.38 bits per heavy atom. The second-order valence-electron chi connectivity index (χ2n) is 10.8. The van der Waals surface area contributed by atoms with Crippen LogP contribution in [0.4, 0.5) is 0 Å². The van der Waals surface area contributed by atoms with Gasteiger partial charge in [-0.25, -0.2) is 0 Å². The van der Waals surface area contributed by atoms with E-state index < -0.39 is 31.4 Å². The molecular weight excluding hydrogens is 643 g/mol. The molecular formula is C26H32N2Si2SnTe. The quantitative estimate of drug-likeness (QED) is 0.214. The van der Waals surface area contributed by atoms with Gasteiger partial charge < -0.3 is 0 Å². The van der Waals surface area contributed by atoms with Gasteiger partial charge in [-0.1, -0.05) is 0 Å². The van der Waals surface area contributed by atoms with Crippen LogP contribution < -0.4 is 0 Å². The summed E-state index contributed by atoms with van der Waals surface area (Å²) in [4.78, 5) is 9.79. The van der Waals surface area contributed by atoms with E-state index in [4.69, 9.17) is 9.97 Å². The number of fused-ring (bicyclic) bond motifs is 2. The summed E-state index contributed by atoms with van der Waals surface area (Å²) in [5.74, 6) is 0. The van der Waals surface area contributed by atoms with Crippen molar-refractivity contribution in [1.82, 2.24) is 9.97 Å². The first-order chi connectivity index (χ1) is 15.1. The fourth-order valence-corrected chi connectivity index (χ4v) is 76.5. The monoisotopic (exact) mass is 678 g/mol. The summed E-state index contributed by atoms with van der Waals surface area (Å²) in [6.45, 7) is 15.5. The molecule has 6 heteroatoms. The molecule has 2 nitrogen and oxygen atoms in total. The third-order valence-corrected chi connectivity index (χ3v) is 52.1. The second-order valence-corrected chi connectivity index (χ2v) is 39.4. The number of benzene rings is 2. The molecule has 0 radical (unpaired) electrons. The zero-order valence-electron chi connectivity index (χ0n) is 19.9. The summed E-state index contributed by atoms with van der Waals surface area (Å²) in [6.07, 6.45) is 3.94. The first kappa shape index (κ1) is 24.4. The predicted octanol–water partition coefficient (Wildman–Crippen LogP) is 6.64.